The summed E-state index contributed by atoms with van der Waals surface area (Å²) in [6.45, 7) is 1.53. The van der Waals surface area contributed by atoms with Crippen molar-refractivity contribution in [2.75, 3.05) is 0 Å². The Kier molecular flexibility index (Phi) is 3.24. The van der Waals surface area contributed by atoms with Crippen LogP contribution < -0.4 is 5.11 Å². The topological polar surface area (TPSA) is 65.9 Å². The van der Waals surface area contributed by atoms with Gasteiger partial charge in [-0.2, -0.15) is 10.2 Å². The first-order valence-corrected chi connectivity index (χ1v) is 5.08. The van der Waals surface area contributed by atoms with Gasteiger partial charge in [-0.1, -0.05) is 0 Å². The number of aliphatic carboxylic acids is 1. The van der Waals surface area contributed by atoms with Crippen LogP contribution in [-0.2, 0) is 17.4 Å². The third-order valence-electron chi connectivity index (χ3n) is 0.997. The summed E-state index contributed by atoms with van der Waals surface area (Å²) in [5.74, 6) is -1.11. The van der Waals surface area contributed by atoms with Gasteiger partial charge in [0.2, 0.25) is 0 Å². The fourth-order valence-corrected chi connectivity index (χ4v) is 2.54. The maximum Gasteiger partial charge on any atom is 0.0811 e. The number of nitrogens with zero attached hydrogens (tertiary/aromatic N) is 2. The van der Waals surface area contributed by atoms with Gasteiger partial charge in [0, 0.05) is 5.25 Å². The number of carboxylic acid groups (broad SMARTS) is 1. The molecule has 7 heteroatoms. The van der Waals surface area contributed by atoms with Crippen LogP contribution in [0.25, 0.3) is 0 Å². The minimum absolute atomic E-state index is 0.419. The number of hydrogen-bond acceptors (Lipinski definition) is 7. The third-order valence-corrected chi connectivity index (χ3v) is 3.21. The van der Waals surface area contributed by atoms with Crippen LogP contribution in [-0.4, -0.2) is 21.4 Å². The second-order valence-electron chi connectivity index (χ2n) is 1.91. The molecule has 0 saturated heterocycles. The van der Waals surface area contributed by atoms with E-state index in [4.69, 9.17) is 12.6 Å². The molecule has 0 aromatic carbocycles. The highest BCUT2D eigenvalue weighted by Crippen LogP contribution is 2.25. The summed E-state index contributed by atoms with van der Waals surface area (Å²) in [6.07, 6.45) is 0. The van der Waals surface area contributed by atoms with E-state index in [1.54, 1.807) is 0 Å². The molecule has 1 aromatic heterocycles. The first-order chi connectivity index (χ1) is 5.59. The summed E-state index contributed by atoms with van der Waals surface area (Å²) >= 11 is 7.01. The number of rotatable bonds is 3. The van der Waals surface area contributed by atoms with Crippen LogP contribution in [0.5, 0.6) is 0 Å². The van der Waals surface area contributed by atoms with E-state index in [0.717, 1.165) is 11.8 Å². The summed E-state index contributed by atoms with van der Waals surface area (Å²) < 4.78 is 0.986. The van der Waals surface area contributed by atoms with Crippen molar-refractivity contribution in [1.29, 1.82) is 0 Å². The SMILES string of the molecule is CC(Sc1nnc([S-])s1)C(=O)[O-]. The van der Waals surface area contributed by atoms with E-state index in [1.807, 2.05) is 0 Å². The quantitative estimate of drug-likeness (QED) is 0.513. The zero-order chi connectivity index (χ0) is 9.14. The van der Waals surface area contributed by atoms with Crippen LogP contribution in [0.4, 0.5) is 0 Å². The molecule has 0 fully saturated rings. The molecule has 0 aliphatic rings. The zero-order valence-electron chi connectivity index (χ0n) is 6.01. The van der Waals surface area contributed by atoms with E-state index in [1.165, 1.54) is 18.3 Å². The highest BCUT2D eigenvalue weighted by atomic mass is 32.2. The average Bonchev–Trinajstić information content (AvgIpc) is 2.35. The van der Waals surface area contributed by atoms with Crippen molar-refractivity contribution in [3.63, 3.8) is 0 Å². The van der Waals surface area contributed by atoms with Crippen molar-refractivity contribution in [2.45, 2.75) is 20.9 Å². The van der Waals surface area contributed by atoms with E-state index < -0.39 is 11.2 Å². The van der Waals surface area contributed by atoms with Crippen LogP contribution in [0.2, 0.25) is 0 Å². The van der Waals surface area contributed by atoms with Gasteiger partial charge in [0.15, 0.2) is 0 Å². The van der Waals surface area contributed by atoms with Gasteiger partial charge >= 0.3 is 0 Å². The highest BCUT2D eigenvalue weighted by Gasteiger charge is 2.04. The third kappa shape index (κ3) is 2.58. The Morgan fingerprint density at radius 2 is 2.42 bits per heavy atom. The molecule has 1 heterocycles. The van der Waals surface area contributed by atoms with Gasteiger partial charge in [-0.25, -0.2) is 0 Å². The maximum absolute atomic E-state index is 10.3. The number of aromatic nitrogens is 2. The molecule has 0 saturated carbocycles. The average molecular weight is 220 g/mol. The summed E-state index contributed by atoms with van der Waals surface area (Å²) in [4.78, 5) is 10.3. The van der Waals surface area contributed by atoms with Crippen LogP contribution in [0.3, 0.4) is 0 Å². The summed E-state index contributed by atoms with van der Waals surface area (Å²) in [5.41, 5.74) is 0. The largest absolute Gasteiger partial charge is 0.549 e. The summed E-state index contributed by atoms with van der Waals surface area (Å²) in [5, 5.41) is 16.9. The van der Waals surface area contributed by atoms with Gasteiger partial charge in [0.25, 0.3) is 0 Å². The monoisotopic (exact) mass is 220 g/mol. The van der Waals surface area contributed by atoms with Gasteiger partial charge in [-0.15, -0.1) is 11.8 Å². The Morgan fingerprint density at radius 3 is 2.83 bits per heavy atom. The fourth-order valence-electron chi connectivity index (χ4n) is 0.444. The van der Waals surface area contributed by atoms with Crippen molar-refractivity contribution in [2.24, 2.45) is 0 Å². The number of carbonyl (C=O) groups is 1. The molecule has 0 spiro atoms. The van der Waals surface area contributed by atoms with E-state index in [-0.39, 0.29) is 0 Å². The Bertz CT molecular complexity index is 288. The van der Waals surface area contributed by atoms with Crippen LogP contribution in [0.1, 0.15) is 6.92 Å². The number of thioether (sulfide) groups is 1. The molecule has 0 aliphatic heterocycles. The first kappa shape index (κ1) is 9.69. The smallest absolute Gasteiger partial charge is 0.0811 e. The lowest BCUT2D eigenvalue weighted by atomic mass is 10.5. The minimum Gasteiger partial charge on any atom is -0.549 e. The molecule has 66 valence electrons. The fraction of sp³-hybridized carbons (Fsp3) is 0.400. The van der Waals surface area contributed by atoms with Gasteiger partial charge < -0.3 is 33.9 Å². The first-order valence-electron chi connectivity index (χ1n) is 2.97. The van der Waals surface area contributed by atoms with Gasteiger partial charge in [-0.3, -0.25) is 0 Å². The van der Waals surface area contributed by atoms with Gasteiger partial charge in [0.1, 0.15) is 0 Å². The van der Waals surface area contributed by atoms with Crippen molar-refractivity contribution in [1.82, 2.24) is 10.2 Å². The second kappa shape index (κ2) is 4.01. The molecular weight excluding hydrogens is 216 g/mol. The van der Waals surface area contributed by atoms with Crippen LogP contribution in [0, 0.1) is 0 Å². The van der Waals surface area contributed by atoms with Gasteiger partial charge in [-0.05, 0) is 11.3 Å². The maximum atomic E-state index is 10.3. The molecule has 0 radical (unpaired) electrons. The lowest BCUT2D eigenvalue weighted by Gasteiger charge is -2.09. The predicted molar refractivity (Wildman–Crippen MR) is 45.9 cm³/mol. The molecule has 0 aliphatic carbocycles. The van der Waals surface area contributed by atoms with Crippen LogP contribution >= 0.6 is 23.1 Å². The van der Waals surface area contributed by atoms with Crippen molar-refractivity contribution >= 4 is 41.7 Å². The van der Waals surface area contributed by atoms with E-state index in [0.29, 0.717) is 8.68 Å². The molecule has 1 aromatic rings. The molecular formula is C5H4N2O2S3-2. The molecule has 1 atom stereocenters. The normalized spacial score (nSPS) is 12.8. The Morgan fingerprint density at radius 1 is 1.75 bits per heavy atom. The van der Waals surface area contributed by atoms with Crippen molar-refractivity contribution < 1.29 is 9.90 Å². The summed E-state index contributed by atoms with van der Waals surface area (Å²) in [6, 6.07) is 0. The molecule has 1 rings (SSSR count). The molecule has 0 bridgehead atoms. The molecule has 0 amide bonds. The predicted octanol–water partition coefficient (Wildman–Crippen LogP) is -0.326. The van der Waals surface area contributed by atoms with Crippen molar-refractivity contribution in [3.8, 4) is 0 Å². The standard InChI is InChI=1S/C5H6N2O2S3/c1-2(3(8)9)11-5-7-6-4(10)12-5/h2H,1H3,(H,6,10)(H,8,9)/p-2. The molecule has 1 unspecified atom stereocenters. The van der Waals surface area contributed by atoms with Crippen LogP contribution in [0.15, 0.2) is 8.68 Å². The van der Waals surface area contributed by atoms with Gasteiger partial charge in [0.05, 0.1) is 10.3 Å². The van der Waals surface area contributed by atoms with Crippen molar-refractivity contribution in [3.05, 3.63) is 0 Å². The van der Waals surface area contributed by atoms with E-state index in [9.17, 15) is 9.90 Å². The lowest BCUT2D eigenvalue weighted by molar-refractivity contribution is -0.304. The molecule has 4 nitrogen and oxygen atoms in total. The lowest BCUT2D eigenvalue weighted by Crippen LogP contribution is -2.31. The minimum atomic E-state index is -1.11. The Balaban J connectivity index is 2.58. The second-order valence-corrected chi connectivity index (χ2v) is 5.12. The number of carboxylic acids is 1. The zero-order valence-corrected chi connectivity index (χ0v) is 8.46. The highest BCUT2D eigenvalue weighted by molar-refractivity contribution is 8.02. The number of hydrogen-bond donors (Lipinski definition) is 0. The van der Waals surface area contributed by atoms with E-state index >= 15 is 0 Å². The number of carbonyl (C=O) groups excluding carboxylic acids is 1. The van der Waals surface area contributed by atoms with E-state index in [2.05, 4.69) is 10.2 Å². The molecule has 0 N–H and O–H groups in total. The Labute approximate surface area is 82.8 Å². The summed E-state index contributed by atoms with van der Waals surface area (Å²) in [7, 11) is 0. The Hall–Kier alpha value is -0.400. The molecule has 12 heavy (non-hydrogen) atoms.